The minimum absolute atomic E-state index is 0.0591. The molecule has 0 saturated heterocycles. The van der Waals surface area contributed by atoms with Gasteiger partial charge < -0.3 is 16.8 Å². The zero-order valence-corrected chi connectivity index (χ0v) is 9.14. The van der Waals surface area contributed by atoms with Crippen molar-refractivity contribution in [3.8, 4) is 0 Å². The van der Waals surface area contributed by atoms with Crippen molar-refractivity contribution in [2.45, 2.75) is 6.18 Å². The van der Waals surface area contributed by atoms with Crippen LogP contribution >= 0.6 is 0 Å². The van der Waals surface area contributed by atoms with E-state index in [4.69, 9.17) is 16.9 Å². The maximum atomic E-state index is 12.4. The van der Waals surface area contributed by atoms with Crippen LogP contribution in [0.2, 0.25) is 0 Å². The van der Waals surface area contributed by atoms with Crippen LogP contribution in [0.4, 0.5) is 24.5 Å². The van der Waals surface area contributed by atoms with Crippen LogP contribution in [0.1, 0.15) is 5.56 Å². The van der Waals surface area contributed by atoms with Crippen molar-refractivity contribution in [3.63, 3.8) is 0 Å². The summed E-state index contributed by atoms with van der Waals surface area (Å²) in [5, 5.41) is 9.47. The second kappa shape index (κ2) is 4.94. The third-order valence-corrected chi connectivity index (χ3v) is 2.05. The maximum Gasteiger partial charge on any atom is 0.433 e. The van der Waals surface area contributed by atoms with Gasteiger partial charge in [0.25, 0.3) is 0 Å². The van der Waals surface area contributed by atoms with Crippen molar-refractivity contribution in [2.75, 3.05) is 17.6 Å². The summed E-state index contributed by atoms with van der Waals surface area (Å²) in [7, 11) is 0. The first kappa shape index (κ1) is 13.8. The zero-order chi connectivity index (χ0) is 13.9. The summed E-state index contributed by atoms with van der Waals surface area (Å²) in [6, 6.07) is 3.51. The van der Waals surface area contributed by atoms with Crippen LogP contribution in [0.25, 0.3) is 0 Å². The topological polar surface area (TPSA) is 105 Å². The van der Waals surface area contributed by atoms with Gasteiger partial charge in [0.15, 0.2) is 0 Å². The van der Waals surface area contributed by atoms with E-state index in [9.17, 15) is 18.0 Å². The van der Waals surface area contributed by atoms with Gasteiger partial charge in [-0.2, -0.15) is 13.2 Å². The Morgan fingerprint density at radius 2 is 2.00 bits per heavy atom. The Hall–Kier alpha value is -2.25. The van der Waals surface area contributed by atoms with E-state index in [1.54, 1.807) is 0 Å². The van der Waals surface area contributed by atoms with E-state index in [-0.39, 0.29) is 17.9 Å². The van der Waals surface area contributed by atoms with E-state index in [0.29, 0.717) is 0 Å². The number of rotatable bonds is 4. The van der Waals surface area contributed by atoms with E-state index < -0.39 is 23.4 Å². The van der Waals surface area contributed by atoms with Crippen LogP contribution < -0.4 is 16.8 Å². The smallest absolute Gasteiger partial charge is 0.399 e. The molecule has 18 heavy (non-hydrogen) atoms. The molecule has 0 aromatic heterocycles. The number of nitrogens with two attached hydrogens (primary N) is 2. The minimum Gasteiger partial charge on any atom is -0.399 e. The lowest BCUT2D eigenvalue weighted by Gasteiger charge is -2.14. The number of alkyl halides is 3. The number of primary amides is 1. The third kappa shape index (κ3) is 3.37. The van der Waals surface area contributed by atoms with Gasteiger partial charge in [0.05, 0.1) is 6.54 Å². The molecule has 0 spiro atoms. The lowest BCUT2D eigenvalue weighted by molar-refractivity contribution is -0.116. The number of nitrogen functional groups attached to an aromatic ring is 1. The summed E-state index contributed by atoms with van der Waals surface area (Å²) in [4.78, 5) is 10.6. The molecular weight excluding hydrogens is 249 g/mol. The summed E-state index contributed by atoms with van der Waals surface area (Å²) in [5.41, 5.74) is 8.56. The highest BCUT2D eigenvalue weighted by atomic mass is 19.4. The van der Waals surface area contributed by atoms with Crippen LogP contribution in [0.15, 0.2) is 18.2 Å². The molecule has 98 valence electrons. The highest BCUT2D eigenvalue weighted by Crippen LogP contribution is 2.27. The summed E-state index contributed by atoms with van der Waals surface area (Å²) in [6.45, 7) is -0.346. The molecule has 6 N–H and O–H groups in total. The molecule has 0 bridgehead atoms. The van der Waals surface area contributed by atoms with Gasteiger partial charge in [0.1, 0.15) is 5.71 Å². The van der Waals surface area contributed by atoms with Crippen LogP contribution in [-0.4, -0.2) is 24.3 Å². The second-order valence-electron chi connectivity index (χ2n) is 3.50. The molecule has 0 atom stereocenters. The highest BCUT2D eigenvalue weighted by molar-refractivity contribution is 6.07. The van der Waals surface area contributed by atoms with E-state index in [2.05, 4.69) is 5.32 Å². The van der Waals surface area contributed by atoms with Crippen LogP contribution in [-0.2, 0) is 4.79 Å². The van der Waals surface area contributed by atoms with Gasteiger partial charge >= 0.3 is 6.18 Å². The molecule has 1 aromatic carbocycles. The number of amides is 1. The number of carbonyl (C=O) groups excluding carboxylic acids is 1. The fraction of sp³-hybridized carbons (Fsp3) is 0.200. The Balaban J connectivity index is 3.11. The maximum absolute atomic E-state index is 12.4. The van der Waals surface area contributed by atoms with E-state index in [1.807, 2.05) is 0 Å². The molecule has 0 aliphatic heterocycles. The van der Waals surface area contributed by atoms with Gasteiger partial charge in [-0.25, -0.2) is 0 Å². The molecule has 5 nitrogen and oxygen atoms in total. The lowest BCUT2D eigenvalue weighted by atomic mass is 10.1. The quantitative estimate of drug-likeness (QED) is 0.481. The van der Waals surface area contributed by atoms with Crippen molar-refractivity contribution in [1.29, 1.82) is 5.41 Å². The van der Waals surface area contributed by atoms with Crippen LogP contribution in [0, 0.1) is 5.41 Å². The standard InChI is InChI=1S/C10H11F3N4O/c11-10(12,13)9(16)6-2-1-5(14)3-7(6)17-4-8(15)18/h1-3,16-17H,4,14H2,(H2,15,18). The van der Waals surface area contributed by atoms with Gasteiger partial charge in [-0.3, -0.25) is 10.2 Å². The van der Waals surface area contributed by atoms with Gasteiger partial charge in [-0.1, -0.05) is 0 Å². The third-order valence-electron chi connectivity index (χ3n) is 2.05. The zero-order valence-electron chi connectivity index (χ0n) is 9.14. The highest BCUT2D eigenvalue weighted by Gasteiger charge is 2.36. The lowest BCUT2D eigenvalue weighted by Crippen LogP contribution is -2.26. The molecule has 0 aliphatic carbocycles. The number of anilines is 2. The Labute approximate surface area is 100 Å². The second-order valence-corrected chi connectivity index (χ2v) is 3.50. The van der Waals surface area contributed by atoms with Gasteiger partial charge in [0.2, 0.25) is 5.91 Å². The fourth-order valence-electron chi connectivity index (χ4n) is 1.26. The number of nitrogens with one attached hydrogen (secondary N) is 2. The predicted octanol–water partition coefficient (Wildman–Crippen LogP) is 1.10. The van der Waals surface area contributed by atoms with Gasteiger partial charge in [0, 0.05) is 16.9 Å². The molecule has 1 aromatic rings. The Morgan fingerprint density at radius 1 is 1.39 bits per heavy atom. The first-order valence-corrected chi connectivity index (χ1v) is 4.79. The van der Waals surface area contributed by atoms with E-state index in [1.165, 1.54) is 12.1 Å². The number of benzene rings is 1. The summed E-state index contributed by atoms with van der Waals surface area (Å²) in [6.07, 6.45) is -4.78. The number of hydrogen-bond donors (Lipinski definition) is 4. The van der Waals surface area contributed by atoms with Crippen molar-refractivity contribution in [2.24, 2.45) is 5.73 Å². The van der Waals surface area contributed by atoms with Gasteiger partial charge in [-0.05, 0) is 18.2 Å². The predicted molar refractivity (Wildman–Crippen MR) is 61.4 cm³/mol. The summed E-state index contributed by atoms with van der Waals surface area (Å²) < 4.78 is 37.3. The number of hydrogen-bond acceptors (Lipinski definition) is 4. The molecule has 0 aliphatic rings. The van der Waals surface area contributed by atoms with Crippen molar-refractivity contribution in [1.82, 2.24) is 0 Å². The van der Waals surface area contributed by atoms with Crippen molar-refractivity contribution in [3.05, 3.63) is 23.8 Å². The molecular formula is C10H11F3N4O. The number of halogens is 3. The van der Waals surface area contributed by atoms with Crippen molar-refractivity contribution < 1.29 is 18.0 Å². The Bertz CT molecular complexity index is 485. The number of carbonyl (C=O) groups is 1. The summed E-state index contributed by atoms with van der Waals surface area (Å²) >= 11 is 0. The molecule has 0 heterocycles. The first-order chi connectivity index (χ1) is 8.21. The molecule has 0 unspecified atom stereocenters. The molecule has 0 radical (unpaired) electrons. The molecule has 0 saturated carbocycles. The largest absolute Gasteiger partial charge is 0.433 e. The van der Waals surface area contributed by atoms with E-state index >= 15 is 0 Å². The average Bonchev–Trinajstić information content (AvgIpc) is 2.24. The normalized spacial score (nSPS) is 11.1. The summed E-state index contributed by atoms with van der Waals surface area (Å²) in [5.74, 6) is -0.734. The Kier molecular flexibility index (Phi) is 3.79. The van der Waals surface area contributed by atoms with E-state index in [0.717, 1.165) is 6.07 Å². The molecule has 8 heteroatoms. The molecule has 1 rings (SSSR count). The first-order valence-electron chi connectivity index (χ1n) is 4.79. The molecule has 0 fully saturated rings. The van der Waals surface area contributed by atoms with Gasteiger partial charge in [-0.15, -0.1) is 0 Å². The van der Waals surface area contributed by atoms with Crippen molar-refractivity contribution >= 4 is 23.0 Å². The fourth-order valence-corrected chi connectivity index (χ4v) is 1.26. The average molecular weight is 260 g/mol. The van der Waals surface area contributed by atoms with Crippen LogP contribution in [0.5, 0.6) is 0 Å². The Morgan fingerprint density at radius 3 is 2.50 bits per heavy atom. The SMILES string of the molecule is N=C(c1ccc(N)cc1NCC(N)=O)C(F)(F)F. The molecule has 1 amide bonds. The minimum atomic E-state index is -4.78. The van der Waals surface area contributed by atoms with Crippen LogP contribution in [0.3, 0.4) is 0 Å². The monoisotopic (exact) mass is 260 g/mol.